The second-order valence-electron chi connectivity index (χ2n) is 25.4. The lowest BCUT2D eigenvalue weighted by atomic mass is 10.0. The van der Waals surface area contributed by atoms with Gasteiger partial charge in [-0.2, -0.15) is 0 Å². The predicted molar refractivity (Wildman–Crippen MR) is 351 cm³/mol. The van der Waals surface area contributed by atoms with Crippen molar-refractivity contribution in [1.29, 1.82) is 0 Å². The Morgan fingerprint density at radius 3 is 1.14 bits per heavy atom. The van der Waals surface area contributed by atoms with Gasteiger partial charge in [0.25, 0.3) is 0 Å². The molecule has 0 aliphatic carbocycles. The Bertz CT molecular complexity index is 1480. The van der Waals surface area contributed by atoms with Crippen molar-refractivity contribution in [3.8, 4) is 0 Å². The molecule has 478 valence electrons. The topological polar surface area (TPSA) is 111 Å². The van der Waals surface area contributed by atoms with Gasteiger partial charge in [0.15, 0.2) is 0 Å². The van der Waals surface area contributed by atoms with E-state index in [0.29, 0.717) is 23.9 Å². The molecule has 10 heteroatoms. The first-order valence-electron chi connectivity index (χ1n) is 35.3. The van der Waals surface area contributed by atoms with Gasteiger partial charge in [0, 0.05) is 12.8 Å². The molecule has 9 nitrogen and oxygen atoms in total. The number of phosphoric acid groups is 1. The van der Waals surface area contributed by atoms with Gasteiger partial charge in [0.2, 0.25) is 5.91 Å². The van der Waals surface area contributed by atoms with Crippen LogP contribution in [0.4, 0.5) is 0 Å². The van der Waals surface area contributed by atoms with Gasteiger partial charge >= 0.3 is 13.8 Å². The van der Waals surface area contributed by atoms with Gasteiger partial charge in [-0.3, -0.25) is 18.6 Å². The summed E-state index contributed by atoms with van der Waals surface area (Å²) in [6.07, 6.45) is 75.8. The molecule has 0 rings (SSSR count). The molecule has 0 radical (unpaired) electrons. The van der Waals surface area contributed by atoms with Crippen LogP contribution in [0.3, 0.4) is 0 Å². The lowest BCUT2D eigenvalue weighted by Gasteiger charge is -2.27. The summed E-state index contributed by atoms with van der Waals surface area (Å²) in [6.45, 7) is 7.05. The number of carbonyl (C=O) groups excluding carboxylic acids is 2. The van der Waals surface area contributed by atoms with Crippen LogP contribution in [0, 0.1) is 0 Å². The molecule has 2 N–H and O–H groups in total. The number of nitrogens with zero attached hydrogens (tertiary/aromatic N) is 1. The van der Waals surface area contributed by atoms with Crippen LogP contribution in [-0.2, 0) is 27.9 Å². The molecule has 0 aliphatic rings. The molecule has 0 spiro atoms. The number of hydrogen-bond donors (Lipinski definition) is 2. The molecule has 0 fully saturated rings. The number of rotatable bonds is 65. The third-order valence-electron chi connectivity index (χ3n) is 16.1. The Labute approximate surface area is 504 Å². The minimum absolute atomic E-state index is 0.0430. The summed E-state index contributed by atoms with van der Waals surface area (Å²) >= 11 is 0. The molecule has 0 aliphatic heterocycles. The number of ether oxygens (including phenoxy) is 1. The minimum atomic E-state index is -4.45. The van der Waals surface area contributed by atoms with Crippen molar-refractivity contribution in [2.45, 2.75) is 367 Å². The Hall–Kier alpha value is -1.77. The molecular weight excluding hydrogens is 1020 g/mol. The number of hydrogen-bond acceptors (Lipinski definition) is 6. The first-order valence-corrected chi connectivity index (χ1v) is 36.8. The standard InChI is InChI=1S/C71H137N2O7P/c1-7-10-13-16-19-22-25-28-30-32-34-36-38-40-42-45-48-51-54-57-60-63-70(74)72-68(67-79-81(76,77)78-66-65-73(4,5)6)69(62-59-56-53-50-47-44-27-24-21-18-15-12-9-3)80-71(75)64-61-58-55-52-49-46-43-41-39-37-35-33-31-29-26-23-20-17-14-11-8-2/h20,23,29,31,59,62,68-69H,7-19,21-22,24-28,30,32-58,60-61,63-67H2,1-6H3,(H-,72,74,76,77)/p+1/b23-20-,31-29-,62-59+. The van der Waals surface area contributed by atoms with Crippen molar-refractivity contribution in [2.24, 2.45) is 0 Å². The monoisotopic (exact) mass is 1160 g/mol. The van der Waals surface area contributed by atoms with Crippen molar-refractivity contribution >= 4 is 19.7 Å². The van der Waals surface area contributed by atoms with Gasteiger partial charge in [-0.1, -0.05) is 314 Å². The zero-order chi connectivity index (χ0) is 59.3. The number of esters is 1. The molecular formula is C71H138N2O7P+. The maximum absolute atomic E-state index is 13.6. The van der Waals surface area contributed by atoms with Crippen LogP contribution < -0.4 is 5.32 Å². The zero-order valence-electron chi connectivity index (χ0n) is 54.8. The SMILES string of the molecule is CCCCC/C=C\C/C=C\CCCCCCCCCCCCCC(=O)OC(/C=C/CCCCCCCCCCCCC)C(COP(=O)(O)OCC[N+](C)(C)C)NC(=O)CCCCCCCCCCCCCCCCCCCCCCC. The average Bonchev–Trinajstić information content (AvgIpc) is 3.44. The second-order valence-corrected chi connectivity index (χ2v) is 26.9. The minimum Gasteiger partial charge on any atom is -0.456 e. The first-order chi connectivity index (χ1) is 39.4. The molecule has 0 aromatic heterocycles. The predicted octanol–water partition coefficient (Wildman–Crippen LogP) is 22.2. The van der Waals surface area contributed by atoms with E-state index in [1.807, 2.05) is 27.2 Å². The Balaban J connectivity index is 5.11. The van der Waals surface area contributed by atoms with E-state index >= 15 is 0 Å². The largest absolute Gasteiger partial charge is 0.472 e. The summed E-state index contributed by atoms with van der Waals surface area (Å²) in [5, 5.41) is 3.08. The molecule has 3 unspecified atom stereocenters. The van der Waals surface area contributed by atoms with Gasteiger partial charge in [-0.25, -0.2) is 4.57 Å². The number of unbranched alkanes of at least 4 members (excludes halogenated alkanes) is 45. The molecule has 1 amide bonds. The van der Waals surface area contributed by atoms with E-state index in [9.17, 15) is 19.0 Å². The van der Waals surface area contributed by atoms with Crippen molar-refractivity contribution < 1.29 is 37.3 Å². The molecule has 0 bridgehead atoms. The number of phosphoric ester groups is 1. The average molecular weight is 1160 g/mol. The highest BCUT2D eigenvalue weighted by molar-refractivity contribution is 7.47. The van der Waals surface area contributed by atoms with Crippen molar-refractivity contribution in [3.05, 3.63) is 36.5 Å². The van der Waals surface area contributed by atoms with Crippen LogP contribution in [-0.4, -0.2) is 74.3 Å². The van der Waals surface area contributed by atoms with Gasteiger partial charge < -0.3 is 19.4 Å². The van der Waals surface area contributed by atoms with Gasteiger partial charge in [0.05, 0.1) is 33.8 Å². The number of likely N-dealkylation sites (N-methyl/N-ethyl adjacent to an activating group) is 1. The Morgan fingerprint density at radius 2 is 0.753 bits per heavy atom. The number of nitrogens with one attached hydrogen (secondary N) is 1. The Kier molecular flexibility index (Phi) is 60.0. The van der Waals surface area contributed by atoms with Crippen molar-refractivity contribution in [3.63, 3.8) is 0 Å². The highest BCUT2D eigenvalue weighted by Crippen LogP contribution is 2.43. The van der Waals surface area contributed by atoms with Crippen LogP contribution in [0.2, 0.25) is 0 Å². The number of amides is 1. The van der Waals surface area contributed by atoms with Gasteiger partial charge in [-0.05, 0) is 63.9 Å². The number of carbonyl (C=O) groups is 2. The maximum atomic E-state index is 13.6. The fraction of sp³-hybridized carbons (Fsp3) is 0.887. The van der Waals surface area contributed by atoms with E-state index in [0.717, 1.165) is 64.2 Å². The van der Waals surface area contributed by atoms with E-state index in [4.69, 9.17) is 13.8 Å². The third-order valence-corrected chi connectivity index (χ3v) is 17.1. The van der Waals surface area contributed by atoms with Crippen LogP contribution in [0.1, 0.15) is 355 Å². The molecule has 3 atom stereocenters. The molecule has 0 aromatic rings. The van der Waals surface area contributed by atoms with E-state index in [1.54, 1.807) is 0 Å². The van der Waals surface area contributed by atoms with Crippen molar-refractivity contribution in [2.75, 3.05) is 40.9 Å². The van der Waals surface area contributed by atoms with Crippen molar-refractivity contribution in [1.82, 2.24) is 5.32 Å². The second kappa shape index (κ2) is 61.3. The molecule has 81 heavy (non-hydrogen) atoms. The third kappa shape index (κ3) is 62.6. The molecule has 0 saturated heterocycles. The number of allylic oxidation sites excluding steroid dienone is 5. The van der Waals surface area contributed by atoms with Crippen LogP contribution in [0.25, 0.3) is 0 Å². The normalized spacial score (nSPS) is 13.7. The summed E-state index contributed by atoms with van der Waals surface area (Å²) < 4.78 is 30.8. The van der Waals surface area contributed by atoms with Gasteiger partial charge in [0.1, 0.15) is 19.3 Å². The smallest absolute Gasteiger partial charge is 0.456 e. The first kappa shape index (κ1) is 79.2. The summed E-state index contributed by atoms with van der Waals surface area (Å²) in [5.74, 6) is -0.487. The quantitative estimate of drug-likeness (QED) is 0.0205. The van der Waals surface area contributed by atoms with E-state index in [1.165, 1.54) is 257 Å². The fourth-order valence-corrected chi connectivity index (χ4v) is 11.4. The van der Waals surface area contributed by atoms with E-state index < -0.39 is 20.0 Å². The molecule has 0 saturated carbocycles. The number of quaternary nitrogens is 1. The fourth-order valence-electron chi connectivity index (χ4n) is 10.6. The molecule has 0 heterocycles. The highest BCUT2D eigenvalue weighted by Gasteiger charge is 2.30. The van der Waals surface area contributed by atoms with Crippen LogP contribution in [0.5, 0.6) is 0 Å². The lowest BCUT2D eigenvalue weighted by Crippen LogP contribution is -2.47. The van der Waals surface area contributed by atoms with Gasteiger partial charge in [-0.15, -0.1) is 0 Å². The summed E-state index contributed by atoms with van der Waals surface area (Å²) in [7, 11) is 1.51. The molecule has 0 aromatic carbocycles. The van der Waals surface area contributed by atoms with Crippen LogP contribution in [0.15, 0.2) is 36.5 Å². The Morgan fingerprint density at radius 1 is 0.432 bits per heavy atom. The maximum Gasteiger partial charge on any atom is 0.472 e. The van der Waals surface area contributed by atoms with E-state index in [-0.39, 0.29) is 25.1 Å². The summed E-state index contributed by atoms with van der Waals surface area (Å²) in [4.78, 5) is 37.9. The van der Waals surface area contributed by atoms with E-state index in [2.05, 4.69) is 56.5 Å². The zero-order valence-corrected chi connectivity index (χ0v) is 55.7. The lowest BCUT2D eigenvalue weighted by molar-refractivity contribution is -0.870. The summed E-state index contributed by atoms with van der Waals surface area (Å²) in [5.41, 5.74) is 0. The van der Waals surface area contributed by atoms with Crippen LogP contribution >= 0.6 is 7.82 Å². The summed E-state index contributed by atoms with van der Waals surface area (Å²) in [6, 6.07) is -0.846. The highest BCUT2D eigenvalue weighted by atomic mass is 31.2.